The second kappa shape index (κ2) is 5.36. The lowest BCUT2D eigenvalue weighted by Gasteiger charge is -2.17. The first-order chi connectivity index (χ1) is 8.99. The van der Waals surface area contributed by atoms with Crippen molar-refractivity contribution >= 4 is 22.9 Å². The van der Waals surface area contributed by atoms with Crippen molar-refractivity contribution in [3.8, 4) is 0 Å². The summed E-state index contributed by atoms with van der Waals surface area (Å²) in [6.07, 6.45) is 1.73. The molecule has 0 radical (unpaired) electrons. The first kappa shape index (κ1) is 13.5. The van der Waals surface area contributed by atoms with Gasteiger partial charge in [0, 0.05) is 18.1 Å². The SMILES string of the molecule is Cc1ncc(CN(C)C(=O)c2cccc(F)c2N)s1. The molecule has 1 aromatic heterocycles. The van der Waals surface area contributed by atoms with Crippen LogP contribution < -0.4 is 5.73 Å². The highest BCUT2D eigenvalue weighted by molar-refractivity contribution is 7.11. The fourth-order valence-corrected chi connectivity index (χ4v) is 2.56. The Hall–Kier alpha value is -1.95. The number of thiazole rings is 1. The van der Waals surface area contributed by atoms with Crippen molar-refractivity contribution in [1.82, 2.24) is 9.88 Å². The summed E-state index contributed by atoms with van der Waals surface area (Å²) in [6, 6.07) is 4.23. The van der Waals surface area contributed by atoms with Crippen molar-refractivity contribution < 1.29 is 9.18 Å². The molecule has 0 saturated carbocycles. The zero-order valence-electron chi connectivity index (χ0n) is 10.7. The molecule has 2 aromatic rings. The maximum absolute atomic E-state index is 13.3. The molecule has 1 aromatic carbocycles. The van der Waals surface area contributed by atoms with Crippen LogP contribution in [0.3, 0.4) is 0 Å². The Labute approximate surface area is 114 Å². The molecule has 0 atom stereocenters. The molecule has 0 fully saturated rings. The van der Waals surface area contributed by atoms with E-state index in [0.29, 0.717) is 6.54 Å². The Morgan fingerprint density at radius 2 is 2.26 bits per heavy atom. The summed E-state index contributed by atoms with van der Waals surface area (Å²) in [5.74, 6) is -0.879. The van der Waals surface area contributed by atoms with Crippen molar-refractivity contribution in [3.63, 3.8) is 0 Å². The van der Waals surface area contributed by atoms with Crippen molar-refractivity contribution in [3.05, 3.63) is 45.7 Å². The molecule has 2 rings (SSSR count). The Morgan fingerprint density at radius 1 is 1.53 bits per heavy atom. The van der Waals surface area contributed by atoms with Crippen LogP contribution in [-0.2, 0) is 6.54 Å². The van der Waals surface area contributed by atoms with Crippen molar-refractivity contribution in [2.24, 2.45) is 0 Å². The number of anilines is 1. The molecule has 1 amide bonds. The van der Waals surface area contributed by atoms with E-state index in [1.54, 1.807) is 13.2 Å². The molecule has 0 unspecified atom stereocenters. The Bertz CT molecular complexity index is 612. The number of rotatable bonds is 3. The second-order valence-electron chi connectivity index (χ2n) is 4.21. The van der Waals surface area contributed by atoms with E-state index in [1.807, 2.05) is 6.92 Å². The largest absolute Gasteiger partial charge is 0.396 e. The lowest BCUT2D eigenvalue weighted by Crippen LogP contribution is -2.26. The minimum atomic E-state index is -0.576. The van der Waals surface area contributed by atoms with Crippen LogP contribution in [0.25, 0.3) is 0 Å². The smallest absolute Gasteiger partial charge is 0.256 e. The van der Waals surface area contributed by atoms with E-state index in [4.69, 9.17) is 5.73 Å². The number of aryl methyl sites for hydroxylation is 1. The maximum atomic E-state index is 13.3. The number of carbonyl (C=O) groups excluding carboxylic acids is 1. The van der Waals surface area contributed by atoms with Crippen LogP contribution >= 0.6 is 11.3 Å². The summed E-state index contributed by atoms with van der Waals surface area (Å²) in [5.41, 5.74) is 5.66. The average Bonchev–Trinajstić information content (AvgIpc) is 2.77. The molecule has 2 N–H and O–H groups in total. The van der Waals surface area contributed by atoms with Gasteiger partial charge in [-0.25, -0.2) is 9.37 Å². The van der Waals surface area contributed by atoms with E-state index in [2.05, 4.69) is 4.98 Å². The van der Waals surface area contributed by atoms with Gasteiger partial charge in [-0.05, 0) is 19.1 Å². The van der Waals surface area contributed by atoms with Gasteiger partial charge in [0.25, 0.3) is 5.91 Å². The molecule has 1 heterocycles. The molecule has 100 valence electrons. The van der Waals surface area contributed by atoms with E-state index in [1.165, 1.54) is 34.4 Å². The summed E-state index contributed by atoms with van der Waals surface area (Å²) in [6.45, 7) is 2.33. The number of aromatic nitrogens is 1. The zero-order valence-corrected chi connectivity index (χ0v) is 11.5. The lowest BCUT2D eigenvalue weighted by atomic mass is 10.1. The molecular weight excluding hydrogens is 265 g/mol. The van der Waals surface area contributed by atoms with Crippen LogP contribution in [0.15, 0.2) is 24.4 Å². The molecule has 19 heavy (non-hydrogen) atoms. The van der Waals surface area contributed by atoms with Crippen molar-refractivity contribution in [2.75, 3.05) is 12.8 Å². The van der Waals surface area contributed by atoms with E-state index in [-0.39, 0.29) is 17.2 Å². The minimum Gasteiger partial charge on any atom is -0.396 e. The van der Waals surface area contributed by atoms with Gasteiger partial charge < -0.3 is 10.6 Å². The van der Waals surface area contributed by atoms with Gasteiger partial charge in [-0.15, -0.1) is 11.3 Å². The number of halogens is 1. The summed E-state index contributed by atoms with van der Waals surface area (Å²) >= 11 is 1.53. The Morgan fingerprint density at radius 3 is 2.89 bits per heavy atom. The predicted octanol–water partition coefficient (Wildman–Crippen LogP) is 2.45. The van der Waals surface area contributed by atoms with Gasteiger partial charge in [-0.1, -0.05) is 6.07 Å². The van der Waals surface area contributed by atoms with E-state index in [0.717, 1.165) is 9.88 Å². The summed E-state index contributed by atoms with van der Waals surface area (Å²) in [7, 11) is 1.65. The van der Waals surface area contributed by atoms with Crippen LogP contribution in [0, 0.1) is 12.7 Å². The molecule has 0 bridgehead atoms. The average molecular weight is 279 g/mol. The number of para-hydroxylation sites is 1. The lowest BCUT2D eigenvalue weighted by molar-refractivity contribution is 0.0787. The number of carbonyl (C=O) groups is 1. The highest BCUT2D eigenvalue weighted by Gasteiger charge is 2.17. The molecule has 4 nitrogen and oxygen atoms in total. The molecular formula is C13H14FN3OS. The highest BCUT2D eigenvalue weighted by Crippen LogP contribution is 2.19. The first-order valence-electron chi connectivity index (χ1n) is 5.70. The number of nitrogens with zero attached hydrogens (tertiary/aromatic N) is 2. The monoisotopic (exact) mass is 279 g/mol. The van der Waals surface area contributed by atoms with E-state index < -0.39 is 5.82 Å². The Kier molecular flexibility index (Phi) is 3.80. The minimum absolute atomic E-state index is 0.111. The van der Waals surface area contributed by atoms with Crippen LogP contribution in [0.2, 0.25) is 0 Å². The third-order valence-corrected chi connectivity index (χ3v) is 3.59. The predicted molar refractivity (Wildman–Crippen MR) is 73.5 cm³/mol. The fourth-order valence-electron chi connectivity index (χ4n) is 1.71. The topological polar surface area (TPSA) is 59.2 Å². The molecule has 0 aliphatic rings. The van der Waals surface area contributed by atoms with Crippen LogP contribution in [0.4, 0.5) is 10.1 Å². The normalized spacial score (nSPS) is 10.5. The summed E-state index contributed by atoms with van der Waals surface area (Å²) in [5, 5.41) is 0.945. The number of hydrogen-bond acceptors (Lipinski definition) is 4. The standard InChI is InChI=1S/C13H14FN3OS/c1-8-16-6-9(19-8)7-17(2)13(18)10-4-3-5-11(14)12(10)15/h3-6H,7,15H2,1-2H3. The molecule has 6 heteroatoms. The van der Waals surface area contributed by atoms with Gasteiger partial charge in [0.05, 0.1) is 22.8 Å². The number of hydrogen-bond donors (Lipinski definition) is 1. The van der Waals surface area contributed by atoms with Gasteiger partial charge in [0.2, 0.25) is 0 Å². The molecule has 0 spiro atoms. The molecule has 0 aliphatic heterocycles. The van der Waals surface area contributed by atoms with Crippen molar-refractivity contribution in [2.45, 2.75) is 13.5 Å². The molecule has 0 aliphatic carbocycles. The number of nitrogen functional groups attached to an aromatic ring is 1. The fraction of sp³-hybridized carbons (Fsp3) is 0.231. The van der Waals surface area contributed by atoms with Crippen LogP contribution in [0.1, 0.15) is 20.2 Å². The van der Waals surface area contributed by atoms with Gasteiger partial charge >= 0.3 is 0 Å². The quantitative estimate of drug-likeness (QED) is 0.878. The van der Waals surface area contributed by atoms with Gasteiger partial charge in [-0.2, -0.15) is 0 Å². The first-order valence-corrected chi connectivity index (χ1v) is 6.51. The van der Waals surface area contributed by atoms with Gasteiger partial charge in [-0.3, -0.25) is 4.79 Å². The summed E-state index contributed by atoms with van der Waals surface area (Å²) in [4.78, 5) is 18.8. The van der Waals surface area contributed by atoms with Crippen LogP contribution in [-0.4, -0.2) is 22.8 Å². The van der Waals surface area contributed by atoms with E-state index >= 15 is 0 Å². The van der Waals surface area contributed by atoms with Crippen molar-refractivity contribution in [1.29, 1.82) is 0 Å². The van der Waals surface area contributed by atoms with Crippen LogP contribution in [0.5, 0.6) is 0 Å². The second-order valence-corrected chi connectivity index (χ2v) is 5.53. The van der Waals surface area contributed by atoms with E-state index in [9.17, 15) is 9.18 Å². The summed E-state index contributed by atoms with van der Waals surface area (Å²) < 4.78 is 13.3. The Balaban J connectivity index is 2.17. The zero-order chi connectivity index (χ0) is 14.0. The number of benzene rings is 1. The van der Waals surface area contributed by atoms with Gasteiger partial charge in [0.1, 0.15) is 5.82 Å². The highest BCUT2D eigenvalue weighted by atomic mass is 32.1. The third kappa shape index (κ3) is 2.90. The van der Waals surface area contributed by atoms with Gasteiger partial charge in [0.15, 0.2) is 0 Å². The third-order valence-electron chi connectivity index (χ3n) is 2.69. The molecule has 0 saturated heterocycles. The number of amides is 1. The maximum Gasteiger partial charge on any atom is 0.256 e. The number of nitrogens with two attached hydrogens (primary N) is 1.